The number of aryl methyl sites for hydroxylation is 1. The number of aliphatic hydroxyl groups is 1. The molecule has 0 spiro atoms. The number of aliphatic hydroxyl groups excluding tert-OH is 1. The fraction of sp³-hybridized carbons (Fsp3) is 0.583. The van der Waals surface area contributed by atoms with Gasteiger partial charge in [0, 0.05) is 18.0 Å². The van der Waals surface area contributed by atoms with Crippen molar-refractivity contribution in [2.24, 2.45) is 0 Å². The quantitative estimate of drug-likeness (QED) is 0.844. The van der Waals surface area contributed by atoms with Gasteiger partial charge in [0.05, 0.1) is 12.6 Å². The van der Waals surface area contributed by atoms with Gasteiger partial charge in [-0.05, 0) is 36.8 Å². The summed E-state index contributed by atoms with van der Waals surface area (Å²) in [6, 6.07) is 1.98. The van der Waals surface area contributed by atoms with E-state index in [2.05, 4.69) is 11.4 Å². The van der Waals surface area contributed by atoms with Crippen molar-refractivity contribution in [1.82, 2.24) is 10.2 Å². The molecule has 1 aliphatic rings. The van der Waals surface area contributed by atoms with Crippen LogP contribution in [0.25, 0.3) is 0 Å². The molecule has 17 heavy (non-hydrogen) atoms. The van der Waals surface area contributed by atoms with Gasteiger partial charge in [-0.25, -0.2) is 4.79 Å². The lowest BCUT2D eigenvalue weighted by Crippen LogP contribution is -2.46. The molecule has 0 saturated carbocycles. The average Bonchev–Trinajstić information content (AvgIpc) is 2.72. The summed E-state index contributed by atoms with van der Waals surface area (Å²) in [6.45, 7) is 3.82. The lowest BCUT2D eigenvalue weighted by molar-refractivity contribution is 0.0842. The minimum absolute atomic E-state index is 0.0726. The van der Waals surface area contributed by atoms with E-state index in [9.17, 15) is 9.90 Å². The SMILES string of the molecule is Cc1ccsc1CNC(=O)N1CCCC(O)C1. The second-order valence-corrected chi connectivity index (χ2v) is 5.43. The highest BCUT2D eigenvalue weighted by Gasteiger charge is 2.21. The summed E-state index contributed by atoms with van der Waals surface area (Å²) in [5.41, 5.74) is 1.22. The Morgan fingerprint density at radius 2 is 2.53 bits per heavy atom. The third kappa shape index (κ3) is 3.20. The third-order valence-electron chi connectivity index (χ3n) is 3.05. The van der Waals surface area contributed by atoms with E-state index in [1.54, 1.807) is 16.2 Å². The molecule has 2 N–H and O–H groups in total. The standard InChI is InChI=1S/C12H18N2O2S/c1-9-4-6-17-11(9)7-13-12(16)14-5-2-3-10(15)8-14/h4,6,10,15H,2-3,5,7-8H2,1H3,(H,13,16). The predicted octanol–water partition coefficient (Wildman–Crippen LogP) is 1.72. The molecule has 2 heterocycles. The van der Waals surface area contributed by atoms with Gasteiger partial charge in [0.25, 0.3) is 0 Å². The lowest BCUT2D eigenvalue weighted by Gasteiger charge is -2.30. The number of piperidine rings is 1. The largest absolute Gasteiger partial charge is 0.391 e. The topological polar surface area (TPSA) is 52.6 Å². The molecular formula is C12H18N2O2S. The van der Waals surface area contributed by atoms with Crippen LogP contribution in [0.15, 0.2) is 11.4 Å². The Morgan fingerprint density at radius 1 is 1.71 bits per heavy atom. The first-order valence-electron chi connectivity index (χ1n) is 5.90. The number of thiophene rings is 1. The van der Waals surface area contributed by atoms with Gasteiger partial charge < -0.3 is 15.3 Å². The first-order valence-corrected chi connectivity index (χ1v) is 6.78. The normalized spacial score (nSPS) is 20.4. The number of nitrogens with zero attached hydrogens (tertiary/aromatic N) is 1. The maximum absolute atomic E-state index is 11.9. The van der Waals surface area contributed by atoms with Crippen LogP contribution in [0.4, 0.5) is 4.79 Å². The number of urea groups is 1. The molecule has 0 aliphatic carbocycles. The Balaban J connectivity index is 1.83. The predicted molar refractivity (Wildman–Crippen MR) is 68.1 cm³/mol. The maximum Gasteiger partial charge on any atom is 0.317 e. The zero-order chi connectivity index (χ0) is 12.3. The summed E-state index contributed by atoms with van der Waals surface area (Å²) < 4.78 is 0. The smallest absolute Gasteiger partial charge is 0.317 e. The van der Waals surface area contributed by atoms with Crippen LogP contribution in [-0.4, -0.2) is 35.2 Å². The molecule has 0 radical (unpaired) electrons. The Morgan fingerprint density at radius 3 is 3.18 bits per heavy atom. The molecule has 2 amide bonds. The number of β-amino-alcohol motifs (C(OH)–C–C–N with tert-alkyl or cyclic N) is 1. The average molecular weight is 254 g/mol. The molecule has 4 nitrogen and oxygen atoms in total. The van der Waals surface area contributed by atoms with Crippen molar-refractivity contribution in [3.05, 3.63) is 21.9 Å². The molecule has 0 aromatic carbocycles. The second kappa shape index (κ2) is 5.51. The fourth-order valence-corrected chi connectivity index (χ4v) is 2.84. The molecule has 1 saturated heterocycles. The van der Waals surface area contributed by atoms with Gasteiger partial charge in [-0.3, -0.25) is 0 Å². The Labute approximate surface area is 105 Å². The molecule has 1 aliphatic heterocycles. The zero-order valence-electron chi connectivity index (χ0n) is 9.98. The van der Waals surface area contributed by atoms with Crippen LogP contribution in [-0.2, 0) is 6.54 Å². The second-order valence-electron chi connectivity index (χ2n) is 4.43. The number of carbonyl (C=O) groups is 1. The van der Waals surface area contributed by atoms with Crippen molar-refractivity contribution < 1.29 is 9.90 Å². The van der Waals surface area contributed by atoms with Crippen molar-refractivity contribution in [1.29, 1.82) is 0 Å². The van der Waals surface area contributed by atoms with Crippen LogP contribution in [0, 0.1) is 6.92 Å². The number of amides is 2. The minimum atomic E-state index is -0.363. The van der Waals surface area contributed by atoms with Crippen LogP contribution in [0.3, 0.4) is 0 Å². The number of likely N-dealkylation sites (tertiary alicyclic amines) is 1. The molecule has 5 heteroatoms. The Kier molecular flexibility index (Phi) is 4.02. The van der Waals surface area contributed by atoms with Crippen LogP contribution < -0.4 is 5.32 Å². The highest BCUT2D eigenvalue weighted by molar-refractivity contribution is 7.10. The van der Waals surface area contributed by atoms with E-state index in [-0.39, 0.29) is 12.1 Å². The molecule has 94 valence electrons. The molecule has 1 unspecified atom stereocenters. The molecular weight excluding hydrogens is 236 g/mol. The molecule has 1 atom stereocenters. The number of nitrogens with one attached hydrogen (secondary N) is 1. The van der Waals surface area contributed by atoms with Gasteiger partial charge in [-0.15, -0.1) is 11.3 Å². The first kappa shape index (κ1) is 12.4. The van der Waals surface area contributed by atoms with E-state index in [0.29, 0.717) is 13.1 Å². The van der Waals surface area contributed by atoms with E-state index in [1.165, 1.54) is 10.4 Å². The van der Waals surface area contributed by atoms with E-state index in [1.807, 2.05) is 12.3 Å². The van der Waals surface area contributed by atoms with Gasteiger partial charge in [0.15, 0.2) is 0 Å². The summed E-state index contributed by atoms with van der Waals surface area (Å²) in [5.74, 6) is 0. The molecule has 1 aromatic rings. The molecule has 2 rings (SSSR count). The summed E-state index contributed by atoms with van der Waals surface area (Å²) >= 11 is 1.66. The van der Waals surface area contributed by atoms with Crippen LogP contribution in [0.5, 0.6) is 0 Å². The van der Waals surface area contributed by atoms with Gasteiger partial charge in [0.2, 0.25) is 0 Å². The van der Waals surface area contributed by atoms with Crippen molar-refractivity contribution in [3.8, 4) is 0 Å². The number of hydrogen-bond acceptors (Lipinski definition) is 3. The molecule has 1 aromatic heterocycles. The zero-order valence-corrected chi connectivity index (χ0v) is 10.8. The highest BCUT2D eigenvalue weighted by Crippen LogP contribution is 2.15. The third-order valence-corrected chi connectivity index (χ3v) is 4.08. The summed E-state index contributed by atoms with van der Waals surface area (Å²) in [5, 5.41) is 14.4. The Bertz CT molecular complexity index is 392. The lowest BCUT2D eigenvalue weighted by atomic mass is 10.1. The van der Waals surface area contributed by atoms with Crippen LogP contribution in [0.2, 0.25) is 0 Å². The van der Waals surface area contributed by atoms with Crippen LogP contribution in [0.1, 0.15) is 23.3 Å². The van der Waals surface area contributed by atoms with Gasteiger partial charge in [-0.1, -0.05) is 0 Å². The highest BCUT2D eigenvalue weighted by atomic mass is 32.1. The summed E-state index contributed by atoms with van der Waals surface area (Å²) in [4.78, 5) is 14.7. The maximum atomic E-state index is 11.9. The van der Waals surface area contributed by atoms with E-state index < -0.39 is 0 Å². The first-order chi connectivity index (χ1) is 8.16. The monoisotopic (exact) mass is 254 g/mol. The summed E-state index contributed by atoms with van der Waals surface area (Å²) in [7, 11) is 0. The van der Waals surface area contributed by atoms with Crippen LogP contribution >= 0.6 is 11.3 Å². The molecule has 0 bridgehead atoms. The number of rotatable bonds is 2. The van der Waals surface area contributed by atoms with E-state index >= 15 is 0 Å². The Hall–Kier alpha value is -1.07. The fourth-order valence-electron chi connectivity index (χ4n) is 1.99. The number of hydrogen-bond donors (Lipinski definition) is 2. The van der Waals surface area contributed by atoms with Crippen molar-refractivity contribution in [3.63, 3.8) is 0 Å². The summed E-state index contributed by atoms with van der Waals surface area (Å²) in [6.07, 6.45) is 1.32. The van der Waals surface area contributed by atoms with Gasteiger partial charge in [-0.2, -0.15) is 0 Å². The van der Waals surface area contributed by atoms with E-state index in [0.717, 1.165) is 19.4 Å². The number of carbonyl (C=O) groups excluding carboxylic acids is 1. The molecule has 1 fully saturated rings. The van der Waals surface area contributed by atoms with Crippen molar-refractivity contribution in [2.45, 2.75) is 32.4 Å². The van der Waals surface area contributed by atoms with Crippen molar-refractivity contribution >= 4 is 17.4 Å². The minimum Gasteiger partial charge on any atom is -0.391 e. The van der Waals surface area contributed by atoms with Crippen molar-refractivity contribution in [2.75, 3.05) is 13.1 Å². The van der Waals surface area contributed by atoms with E-state index in [4.69, 9.17) is 0 Å². The van der Waals surface area contributed by atoms with Gasteiger partial charge in [0.1, 0.15) is 0 Å². The van der Waals surface area contributed by atoms with Gasteiger partial charge >= 0.3 is 6.03 Å².